The van der Waals surface area contributed by atoms with Crippen LogP contribution >= 0.6 is 0 Å². The fourth-order valence-electron chi connectivity index (χ4n) is 2.73. The van der Waals surface area contributed by atoms with E-state index in [0.29, 0.717) is 18.1 Å². The topological polar surface area (TPSA) is 81.2 Å². The van der Waals surface area contributed by atoms with Gasteiger partial charge >= 0.3 is 0 Å². The molecule has 3 aromatic carbocycles. The van der Waals surface area contributed by atoms with E-state index in [1.807, 2.05) is 66.7 Å². The number of hydrogen-bond donors (Lipinski definition) is 2. The molecule has 0 atom stereocenters. The fourth-order valence-corrected chi connectivity index (χ4v) is 2.73. The first-order valence-corrected chi connectivity index (χ1v) is 9.72. The van der Waals surface area contributed by atoms with Gasteiger partial charge in [0, 0.05) is 5.69 Å². The Hall–Kier alpha value is -4.00. The highest BCUT2D eigenvalue weighted by Crippen LogP contribution is 2.28. The third-order valence-corrected chi connectivity index (χ3v) is 4.37. The highest BCUT2D eigenvalue weighted by molar-refractivity contribution is 5.84. The molecule has 0 bridgehead atoms. The minimum absolute atomic E-state index is 0.0950. The minimum atomic E-state index is -0.263. The third-order valence-electron chi connectivity index (χ3n) is 4.37. The minimum Gasteiger partial charge on any atom is -0.497 e. The third kappa shape index (κ3) is 6.78. The van der Waals surface area contributed by atoms with Gasteiger partial charge in [-0.05, 0) is 53.6 Å². The van der Waals surface area contributed by atoms with E-state index in [-0.39, 0.29) is 12.5 Å². The Kier molecular flexibility index (Phi) is 7.88. The van der Waals surface area contributed by atoms with Gasteiger partial charge in [-0.1, -0.05) is 30.3 Å². The van der Waals surface area contributed by atoms with Crippen LogP contribution in [-0.2, 0) is 11.4 Å². The molecule has 0 unspecified atom stereocenters. The van der Waals surface area contributed by atoms with Crippen molar-refractivity contribution < 1.29 is 19.0 Å². The maximum Gasteiger partial charge on any atom is 0.259 e. The van der Waals surface area contributed by atoms with Crippen molar-refractivity contribution in [2.45, 2.75) is 6.61 Å². The average Bonchev–Trinajstić information content (AvgIpc) is 2.82. The largest absolute Gasteiger partial charge is 0.497 e. The van der Waals surface area contributed by atoms with Crippen molar-refractivity contribution in [3.8, 4) is 17.2 Å². The molecule has 31 heavy (non-hydrogen) atoms. The summed E-state index contributed by atoms with van der Waals surface area (Å²) in [4.78, 5) is 12.0. The molecule has 0 saturated carbocycles. The number of ether oxygens (including phenoxy) is 3. The lowest BCUT2D eigenvalue weighted by molar-refractivity contribution is -0.119. The Balaban J connectivity index is 1.52. The number of nitrogens with one attached hydrogen (secondary N) is 2. The van der Waals surface area contributed by atoms with Gasteiger partial charge in [0.25, 0.3) is 5.91 Å². The lowest BCUT2D eigenvalue weighted by Crippen LogP contribution is -2.25. The molecule has 0 aliphatic carbocycles. The van der Waals surface area contributed by atoms with Crippen LogP contribution in [0.4, 0.5) is 5.69 Å². The van der Waals surface area contributed by atoms with Gasteiger partial charge in [-0.3, -0.25) is 4.79 Å². The summed E-state index contributed by atoms with van der Waals surface area (Å²) in [5, 5.41) is 7.04. The van der Waals surface area contributed by atoms with Gasteiger partial charge in [0.15, 0.2) is 11.5 Å². The van der Waals surface area contributed by atoms with Crippen LogP contribution in [0, 0.1) is 0 Å². The second-order valence-corrected chi connectivity index (χ2v) is 6.56. The van der Waals surface area contributed by atoms with Gasteiger partial charge in [0.05, 0.1) is 27.0 Å². The average molecular weight is 419 g/mol. The molecule has 3 aromatic rings. The van der Waals surface area contributed by atoms with E-state index in [9.17, 15) is 4.79 Å². The second-order valence-electron chi connectivity index (χ2n) is 6.56. The standard InChI is InChI=1S/C24H25N3O4/c1-29-21-11-9-20(10-12-21)25-16-24(28)27-26-15-19-8-13-22(30-2)23(14-19)31-17-18-6-4-3-5-7-18/h3-15,25H,16-17H2,1-2H3,(H,27,28)/b26-15+. The van der Waals surface area contributed by atoms with E-state index in [0.717, 1.165) is 22.6 Å². The molecular formula is C24H25N3O4. The zero-order valence-corrected chi connectivity index (χ0v) is 17.5. The van der Waals surface area contributed by atoms with Crippen LogP contribution in [0.5, 0.6) is 17.2 Å². The van der Waals surface area contributed by atoms with Crippen molar-refractivity contribution in [1.29, 1.82) is 0 Å². The molecular weight excluding hydrogens is 394 g/mol. The summed E-state index contributed by atoms with van der Waals surface area (Å²) < 4.78 is 16.4. The molecule has 0 aliphatic rings. The predicted octanol–water partition coefficient (Wildman–Crippen LogP) is 3.85. The Morgan fingerprint density at radius 1 is 0.935 bits per heavy atom. The van der Waals surface area contributed by atoms with Gasteiger partial charge in [-0.15, -0.1) is 0 Å². The first-order valence-electron chi connectivity index (χ1n) is 9.72. The number of carbonyl (C=O) groups is 1. The van der Waals surface area contributed by atoms with Crippen molar-refractivity contribution in [3.05, 3.63) is 83.9 Å². The molecule has 0 radical (unpaired) electrons. The van der Waals surface area contributed by atoms with Gasteiger partial charge in [0.2, 0.25) is 0 Å². The predicted molar refractivity (Wildman–Crippen MR) is 121 cm³/mol. The van der Waals surface area contributed by atoms with Crippen LogP contribution < -0.4 is 25.0 Å². The lowest BCUT2D eigenvalue weighted by atomic mass is 10.2. The van der Waals surface area contributed by atoms with E-state index >= 15 is 0 Å². The Morgan fingerprint density at radius 3 is 2.42 bits per heavy atom. The van der Waals surface area contributed by atoms with E-state index < -0.39 is 0 Å². The van der Waals surface area contributed by atoms with Crippen LogP contribution in [0.2, 0.25) is 0 Å². The summed E-state index contributed by atoms with van der Waals surface area (Å²) >= 11 is 0. The SMILES string of the molecule is COc1ccc(NCC(=O)N/N=C/c2ccc(OC)c(OCc3ccccc3)c2)cc1. The number of nitrogens with zero attached hydrogens (tertiary/aromatic N) is 1. The van der Waals surface area contributed by atoms with Crippen LogP contribution in [0.3, 0.4) is 0 Å². The van der Waals surface area contributed by atoms with E-state index in [1.54, 1.807) is 26.5 Å². The zero-order chi connectivity index (χ0) is 21.9. The lowest BCUT2D eigenvalue weighted by Gasteiger charge is -2.11. The van der Waals surface area contributed by atoms with Crippen molar-refractivity contribution in [2.75, 3.05) is 26.1 Å². The summed E-state index contributed by atoms with van der Waals surface area (Å²) in [7, 11) is 3.20. The van der Waals surface area contributed by atoms with E-state index in [1.165, 1.54) is 0 Å². The van der Waals surface area contributed by atoms with Gasteiger partial charge in [-0.2, -0.15) is 5.10 Å². The Bertz CT molecular complexity index is 1010. The molecule has 0 spiro atoms. The van der Waals surface area contributed by atoms with E-state index in [4.69, 9.17) is 14.2 Å². The first-order chi connectivity index (χ1) is 15.2. The Morgan fingerprint density at radius 2 is 1.71 bits per heavy atom. The van der Waals surface area contributed by atoms with Gasteiger partial charge in [-0.25, -0.2) is 5.43 Å². The van der Waals surface area contributed by atoms with Crippen LogP contribution in [0.25, 0.3) is 0 Å². The van der Waals surface area contributed by atoms with Crippen LogP contribution in [0.1, 0.15) is 11.1 Å². The highest BCUT2D eigenvalue weighted by atomic mass is 16.5. The summed E-state index contributed by atoms with van der Waals surface area (Å²) in [6.07, 6.45) is 1.56. The number of amides is 1. The molecule has 0 aromatic heterocycles. The van der Waals surface area contributed by atoms with Crippen molar-refractivity contribution in [2.24, 2.45) is 5.10 Å². The second kappa shape index (κ2) is 11.3. The van der Waals surface area contributed by atoms with Crippen molar-refractivity contribution >= 4 is 17.8 Å². The summed E-state index contributed by atoms with van der Waals surface area (Å²) in [6, 6.07) is 22.6. The smallest absolute Gasteiger partial charge is 0.259 e. The van der Waals surface area contributed by atoms with Crippen molar-refractivity contribution in [1.82, 2.24) is 5.43 Å². The number of anilines is 1. The number of hydrazone groups is 1. The monoisotopic (exact) mass is 419 g/mol. The summed E-state index contributed by atoms with van der Waals surface area (Å²) in [5.41, 5.74) is 5.14. The number of rotatable bonds is 10. The number of carbonyl (C=O) groups excluding carboxylic acids is 1. The molecule has 0 heterocycles. The van der Waals surface area contributed by atoms with Crippen LogP contribution in [0.15, 0.2) is 77.9 Å². The van der Waals surface area contributed by atoms with Gasteiger partial charge in [0.1, 0.15) is 12.4 Å². The number of benzene rings is 3. The molecule has 2 N–H and O–H groups in total. The van der Waals surface area contributed by atoms with Gasteiger partial charge < -0.3 is 19.5 Å². The molecule has 160 valence electrons. The number of methoxy groups -OCH3 is 2. The van der Waals surface area contributed by atoms with Crippen molar-refractivity contribution in [3.63, 3.8) is 0 Å². The van der Waals surface area contributed by atoms with E-state index in [2.05, 4.69) is 15.8 Å². The maximum atomic E-state index is 12.0. The molecule has 0 fully saturated rings. The molecule has 7 nitrogen and oxygen atoms in total. The molecule has 0 aliphatic heterocycles. The molecule has 7 heteroatoms. The first kappa shape index (κ1) is 21.7. The molecule has 0 saturated heterocycles. The Labute approximate surface area is 181 Å². The normalized spacial score (nSPS) is 10.5. The summed E-state index contributed by atoms with van der Waals surface area (Å²) in [6.45, 7) is 0.517. The quantitative estimate of drug-likeness (QED) is 0.385. The highest BCUT2D eigenvalue weighted by Gasteiger charge is 2.06. The number of hydrogen-bond acceptors (Lipinski definition) is 6. The fraction of sp³-hybridized carbons (Fsp3) is 0.167. The maximum absolute atomic E-state index is 12.0. The zero-order valence-electron chi connectivity index (χ0n) is 17.5. The molecule has 3 rings (SSSR count). The molecule has 1 amide bonds. The van der Waals surface area contributed by atoms with Crippen LogP contribution in [-0.4, -0.2) is 32.9 Å². The summed E-state index contributed by atoms with van der Waals surface area (Å²) in [5.74, 6) is 1.72.